The van der Waals surface area contributed by atoms with E-state index in [-0.39, 0.29) is 31.7 Å². The lowest BCUT2D eigenvalue weighted by Gasteiger charge is -2.43. The number of benzene rings is 13. The van der Waals surface area contributed by atoms with Crippen molar-refractivity contribution in [2.75, 3.05) is 39.4 Å². The second kappa shape index (κ2) is 42.2. The van der Waals surface area contributed by atoms with Gasteiger partial charge >= 0.3 is 30.2 Å². The molecule has 2 N–H and O–H groups in total. The third kappa shape index (κ3) is 19.6. The Labute approximate surface area is 799 Å². The van der Waals surface area contributed by atoms with E-state index in [9.17, 15) is 71.9 Å². The molecule has 5 aliphatic rings. The van der Waals surface area contributed by atoms with Crippen molar-refractivity contribution in [3.63, 3.8) is 0 Å². The summed E-state index contributed by atoms with van der Waals surface area (Å²) in [4.78, 5) is 207. The van der Waals surface area contributed by atoms with Crippen LogP contribution in [0.3, 0.4) is 0 Å². The van der Waals surface area contributed by atoms with Crippen molar-refractivity contribution in [1.82, 2.24) is 30.2 Å². The van der Waals surface area contributed by atoms with E-state index < -0.39 is 115 Å². The van der Waals surface area contributed by atoms with Crippen molar-refractivity contribution in [3.8, 4) is 0 Å². The van der Waals surface area contributed by atoms with Crippen LogP contribution in [-0.2, 0) is 90.1 Å². The lowest BCUT2D eigenvalue weighted by Crippen LogP contribution is -2.69. The molecule has 0 aromatic heterocycles. The van der Waals surface area contributed by atoms with E-state index in [4.69, 9.17) is 0 Å². The Bertz CT molecular complexity index is 6480. The molecule has 18 rings (SSSR count). The number of urea groups is 5. The van der Waals surface area contributed by atoms with Gasteiger partial charge < -0.3 is 0 Å². The second-order valence-electron chi connectivity index (χ2n) is 32.5. The first-order valence-electron chi connectivity index (χ1n) is 43.2. The van der Waals surface area contributed by atoms with Crippen LogP contribution < -0.4 is 30.2 Å². The van der Waals surface area contributed by atoms with Gasteiger partial charge in [-0.1, -0.05) is 345 Å². The van der Waals surface area contributed by atoms with Crippen LogP contribution in [0.25, 0.3) is 0 Å². The Kier molecular flexibility index (Phi) is 29.8. The highest BCUT2D eigenvalue weighted by Crippen LogP contribution is 2.47. The van der Waals surface area contributed by atoms with Crippen molar-refractivity contribution in [3.05, 3.63) is 433 Å². The van der Waals surface area contributed by atoms with E-state index in [1.807, 2.05) is 219 Å². The number of amides is 20. The van der Waals surface area contributed by atoms with Crippen LogP contribution in [0.5, 0.6) is 0 Å². The molecule has 5 aliphatic heterocycles. The lowest BCUT2D eigenvalue weighted by molar-refractivity contribution is -0.151. The van der Waals surface area contributed by atoms with E-state index in [1.165, 1.54) is 37.6 Å². The first kappa shape index (κ1) is 96.0. The van der Waals surface area contributed by atoms with Crippen LogP contribution in [-0.4, -0.2) is 138 Å². The smallest absolute Gasteiger partial charge is 0.276 e. The molecule has 136 heavy (non-hydrogen) atoms. The molecule has 13 aromatic carbocycles. The topological polar surface area (TPSA) is 306 Å². The number of barbiturate groups is 5. The Morgan fingerprint density at radius 3 is 0.897 bits per heavy atom. The molecule has 5 saturated heterocycles. The zero-order valence-corrected chi connectivity index (χ0v) is 77.0. The highest BCUT2D eigenvalue weighted by atomic mass is 32.2. The quantitative estimate of drug-likeness (QED) is 0.0472. The van der Waals surface area contributed by atoms with E-state index in [0.29, 0.717) is 39.4 Å². The summed E-state index contributed by atoms with van der Waals surface area (Å²) in [5.41, 5.74) is 3.42. The summed E-state index contributed by atoms with van der Waals surface area (Å²) >= 11 is 6.46. The SMILES string of the molecule is CC1(c2ccccc2)C(=O)N(Cc2ccccc2)C(=O)N(c2ccccc2)C1=O.CN1C(=O)N(Cc2ccccc2)C(=O)C(C)(c2ccccc2)C1=O.Cc1ccc(SC2(Cc3ccccc3)C(=O)N(C)C(=O)N(c3ccccc3)C2=O)cc1.O=C1N(c2ccccc2)C(=O)C(Cc2ccccc2)(Sc2ccccc2)C(=O)N1c1ccccc1.O=C1NC(=O)C(CS)(c2ccccc2)C(=O)N1. The molecule has 5 fully saturated rings. The van der Waals surface area contributed by atoms with Gasteiger partial charge in [-0.2, -0.15) is 12.6 Å². The number of rotatable bonds is 20. The molecule has 13 aromatic rings. The highest BCUT2D eigenvalue weighted by molar-refractivity contribution is 8.02. The Morgan fingerprint density at radius 2 is 0.544 bits per heavy atom. The minimum Gasteiger partial charge on any atom is -0.276 e. The molecule has 0 bridgehead atoms. The normalized spacial score (nSPS) is 18.6. The number of carbonyl (C=O) groups excluding carboxylic acids is 15. The van der Waals surface area contributed by atoms with Crippen LogP contribution in [0.2, 0.25) is 0 Å². The number of nitrogens with one attached hydrogen (secondary N) is 2. The Hall–Kier alpha value is -16.0. The first-order valence-corrected chi connectivity index (χ1v) is 45.4. The fraction of sp³-hybridized carbons (Fsp3) is 0.139. The van der Waals surface area contributed by atoms with Gasteiger partial charge in [0.1, 0.15) is 0 Å². The van der Waals surface area contributed by atoms with Gasteiger partial charge in [0.2, 0.25) is 17.7 Å². The van der Waals surface area contributed by atoms with Gasteiger partial charge in [-0.05, 0) is 133 Å². The number of aryl methyl sites for hydroxylation is 1. The van der Waals surface area contributed by atoms with E-state index in [2.05, 4.69) is 23.3 Å². The summed E-state index contributed by atoms with van der Waals surface area (Å²) in [7, 11) is 2.85. The molecule has 0 radical (unpaired) electrons. The Morgan fingerprint density at radius 1 is 0.272 bits per heavy atom. The molecule has 0 aliphatic carbocycles. The molecule has 0 spiro atoms. The molecule has 682 valence electrons. The van der Waals surface area contributed by atoms with Gasteiger partial charge in [0.25, 0.3) is 41.4 Å². The number of nitrogens with zero attached hydrogens (tertiary/aromatic N) is 8. The zero-order chi connectivity index (χ0) is 96.5. The molecule has 28 heteroatoms. The standard InChI is InChI=1S/C29H22N2O3S.C25H22N2O3S.C24H20N2O3.C19H18N2O3.C11H10N2O3S/c32-26-29(21-22-13-5-1-6-14-22,35-25-19-11-4-12-20-25)27(33)31(24-17-9-3-10-18-24)28(34)30(26)23-15-7-2-8-16-23;1-18-13-15-21(16-14-18)31-25(17-19-9-5-3-6-10-19)22(28)26(2)24(30)27(23(25)29)20-11-7-4-8-12-20;1-24(19-13-7-3-8-14-19)21(27)25(17-18-11-5-2-6-12-18)23(29)26(22(24)28)20-15-9-4-10-16-20;1-19(15-11-7-4-8-12-15)16(22)20(2)18(24)21(17(19)23)13-14-9-5-3-6-10-14;14-8-11(6-17,7-4-2-1-3-5-7)9(15)13-10(16)12-8/h1-20H,21H2;3-16H,17H2,1-2H3;2-16H,17H2,1H3;3-12H,13H2,1-2H3;1-5,17H,6H2,(H2,12,13,14,15,16). The first-order chi connectivity index (χ1) is 65.6. The van der Waals surface area contributed by atoms with Crippen molar-refractivity contribution in [2.45, 2.75) is 82.2 Å². The molecule has 5 heterocycles. The van der Waals surface area contributed by atoms with E-state index in [0.717, 1.165) is 76.8 Å². The van der Waals surface area contributed by atoms with Gasteiger partial charge in [-0.15, -0.1) is 0 Å². The number of anilines is 4. The number of thioether (sulfide) groups is 2. The number of likely N-dealkylation sites (N-methyl/N-ethyl adjacent to an activating group) is 1. The maximum absolute atomic E-state index is 14.3. The maximum Gasteiger partial charge on any atom is 0.342 e. The Balaban J connectivity index is 0.000000138. The van der Waals surface area contributed by atoms with Gasteiger partial charge in [0, 0.05) is 42.5 Å². The number of hydrogen-bond donors (Lipinski definition) is 3. The van der Waals surface area contributed by atoms with Crippen LogP contribution >= 0.6 is 36.2 Å². The molecule has 20 amide bonds. The third-order valence-electron chi connectivity index (χ3n) is 23.6. The largest absolute Gasteiger partial charge is 0.342 e. The number of imide groups is 10. The summed E-state index contributed by atoms with van der Waals surface area (Å²) < 4.78 is -3.10. The highest BCUT2D eigenvalue weighted by Gasteiger charge is 2.62. The number of para-hydroxylation sites is 4. The van der Waals surface area contributed by atoms with Crippen LogP contribution in [0, 0.1) is 6.92 Å². The fourth-order valence-corrected chi connectivity index (χ4v) is 19.3. The average molecular weight is 1870 g/mol. The molecule has 3 unspecified atom stereocenters. The summed E-state index contributed by atoms with van der Waals surface area (Å²) in [6.45, 7) is 5.38. The van der Waals surface area contributed by atoms with Gasteiger partial charge in [-0.3, -0.25) is 78.2 Å². The van der Waals surface area contributed by atoms with Crippen LogP contribution in [0.1, 0.15) is 58.4 Å². The van der Waals surface area contributed by atoms with Crippen molar-refractivity contribution >= 4 is 148 Å². The molecule has 0 saturated carbocycles. The lowest BCUT2D eigenvalue weighted by atomic mass is 9.78. The molecule has 3 atom stereocenters. The van der Waals surface area contributed by atoms with Crippen molar-refractivity contribution in [1.29, 1.82) is 0 Å². The summed E-state index contributed by atoms with van der Waals surface area (Å²) in [5, 5.41) is 4.18. The van der Waals surface area contributed by atoms with E-state index in [1.54, 1.807) is 190 Å². The summed E-state index contributed by atoms with van der Waals surface area (Å²) in [6.07, 6.45) is 0.302. The average Bonchev–Trinajstić information content (AvgIpc) is 0.731. The maximum atomic E-state index is 14.3. The van der Waals surface area contributed by atoms with Gasteiger partial charge in [0.15, 0.2) is 25.7 Å². The minimum absolute atomic E-state index is 0.0119. The monoisotopic (exact) mass is 1860 g/mol. The number of carbonyl (C=O) groups is 15. The predicted octanol–water partition coefficient (Wildman–Crippen LogP) is 17.6. The third-order valence-corrected chi connectivity index (χ3v) is 26.8. The van der Waals surface area contributed by atoms with Gasteiger partial charge in [0.05, 0.1) is 35.8 Å². The fourth-order valence-electron chi connectivity index (χ4n) is 16.2. The van der Waals surface area contributed by atoms with Crippen LogP contribution in [0.15, 0.2) is 398 Å². The molecular weight excluding hydrogens is 1770 g/mol. The number of hydrogen-bond acceptors (Lipinski definition) is 18. The van der Waals surface area contributed by atoms with Gasteiger partial charge in [-0.25, -0.2) is 43.6 Å². The number of thiol groups is 1. The minimum atomic E-state index is -1.59. The zero-order valence-electron chi connectivity index (χ0n) is 74.5. The summed E-state index contributed by atoms with van der Waals surface area (Å²) in [5.74, 6) is -5.51. The second-order valence-corrected chi connectivity index (χ2v) is 35.5. The van der Waals surface area contributed by atoms with Crippen molar-refractivity contribution < 1.29 is 71.9 Å². The van der Waals surface area contributed by atoms with E-state index >= 15 is 0 Å². The summed E-state index contributed by atoms with van der Waals surface area (Å²) in [6, 6.07) is 112. The van der Waals surface area contributed by atoms with Crippen molar-refractivity contribution in [2.24, 2.45) is 0 Å². The molecule has 25 nitrogen and oxygen atoms in total. The molecular formula is C108H92N10O15S3. The predicted molar refractivity (Wildman–Crippen MR) is 523 cm³/mol. The van der Waals surface area contributed by atoms with Crippen LogP contribution in [0.4, 0.5) is 46.7 Å².